The Morgan fingerprint density at radius 1 is 0.639 bits per heavy atom. The smallest absolute Gasteiger partial charge is 0.333 e. The number of anilines is 3. The van der Waals surface area contributed by atoms with Crippen molar-refractivity contribution in [2.45, 2.75) is 33.6 Å². The SMILES string of the molecule is C=C(C)C(=O)OCCc1ccc(N(c2ccc(C)cc2)c2ccc(CCOC(=O)C(=C)C)cc2)cc1. The van der Waals surface area contributed by atoms with E-state index in [-0.39, 0.29) is 11.9 Å². The highest BCUT2D eigenvalue weighted by atomic mass is 16.5. The molecule has 0 aliphatic rings. The summed E-state index contributed by atoms with van der Waals surface area (Å²) in [4.78, 5) is 25.4. The number of carbonyl (C=O) groups is 2. The van der Waals surface area contributed by atoms with E-state index in [1.54, 1.807) is 13.8 Å². The van der Waals surface area contributed by atoms with Gasteiger partial charge in [0.05, 0.1) is 13.2 Å². The number of esters is 2. The molecule has 0 bridgehead atoms. The van der Waals surface area contributed by atoms with Crippen LogP contribution in [0.2, 0.25) is 0 Å². The molecule has 0 aliphatic carbocycles. The summed E-state index contributed by atoms with van der Waals surface area (Å²) in [5, 5.41) is 0. The molecule has 0 aromatic heterocycles. The highest BCUT2D eigenvalue weighted by Crippen LogP contribution is 2.34. The number of carbonyl (C=O) groups excluding carboxylic acids is 2. The maximum Gasteiger partial charge on any atom is 0.333 e. The molecule has 3 aromatic carbocycles. The molecule has 0 amide bonds. The van der Waals surface area contributed by atoms with Crippen LogP contribution in [0.3, 0.4) is 0 Å². The zero-order valence-electron chi connectivity index (χ0n) is 21.3. The third kappa shape index (κ3) is 7.44. The number of aryl methyl sites for hydroxylation is 1. The quantitative estimate of drug-likeness (QED) is 0.222. The van der Waals surface area contributed by atoms with Crippen LogP contribution in [0.15, 0.2) is 97.1 Å². The second kappa shape index (κ2) is 12.5. The third-order valence-electron chi connectivity index (χ3n) is 5.63. The Kier molecular flexibility index (Phi) is 9.23. The summed E-state index contributed by atoms with van der Waals surface area (Å²) < 4.78 is 10.4. The molecule has 0 atom stereocenters. The highest BCUT2D eigenvalue weighted by molar-refractivity contribution is 5.87. The van der Waals surface area contributed by atoms with Crippen LogP contribution in [0.4, 0.5) is 17.1 Å². The maximum atomic E-state index is 11.6. The molecular formula is C31H33NO4. The summed E-state index contributed by atoms with van der Waals surface area (Å²) in [7, 11) is 0. The lowest BCUT2D eigenvalue weighted by Crippen LogP contribution is -2.11. The van der Waals surface area contributed by atoms with Crippen LogP contribution in [-0.2, 0) is 31.9 Å². The van der Waals surface area contributed by atoms with E-state index < -0.39 is 0 Å². The molecule has 3 aromatic rings. The van der Waals surface area contributed by atoms with Crippen molar-refractivity contribution in [3.63, 3.8) is 0 Å². The van der Waals surface area contributed by atoms with E-state index in [0.717, 1.165) is 28.2 Å². The summed E-state index contributed by atoms with van der Waals surface area (Å²) in [6.45, 7) is 13.2. The van der Waals surface area contributed by atoms with Crippen molar-refractivity contribution in [3.05, 3.63) is 114 Å². The Hall–Kier alpha value is -4.12. The molecule has 0 saturated heterocycles. The Morgan fingerprint density at radius 2 is 0.972 bits per heavy atom. The van der Waals surface area contributed by atoms with Crippen molar-refractivity contribution in [2.24, 2.45) is 0 Å². The highest BCUT2D eigenvalue weighted by Gasteiger charge is 2.13. The van der Waals surface area contributed by atoms with Crippen LogP contribution in [0.1, 0.15) is 30.5 Å². The van der Waals surface area contributed by atoms with Crippen molar-refractivity contribution in [1.29, 1.82) is 0 Å². The van der Waals surface area contributed by atoms with Gasteiger partial charge in [-0.15, -0.1) is 0 Å². The van der Waals surface area contributed by atoms with Gasteiger partial charge in [-0.3, -0.25) is 0 Å². The van der Waals surface area contributed by atoms with Crippen molar-refractivity contribution in [3.8, 4) is 0 Å². The predicted molar refractivity (Wildman–Crippen MR) is 145 cm³/mol. The van der Waals surface area contributed by atoms with Gasteiger partial charge in [0.2, 0.25) is 0 Å². The van der Waals surface area contributed by atoms with E-state index in [2.05, 4.69) is 97.8 Å². The summed E-state index contributed by atoms with van der Waals surface area (Å²) in [6.07, 6.45) is 1.27. The topological polar surface area (TPSA) is 55.8 Å². The van der Waals surface area contributed by atoms with Crippen molar-refractivity contribution in [1.82, 2.24) is 0 Å². The van der Waals surface area contributed by atoms with Crippen LogP contribution in [-0.4, -0.2) is 25.2 Å². The average Bonchev–Trinajstić information content (AvgIpc) is 2.87. The van der Waals surface area contributed by atoms with Crippen molar-refractivity contribution < 1.29 is 19.1 Å². The molecule has 0 saturated carbocycles. The zero-order valence-corrected chi connectivity index (χ0v) is 21.3. The first kappa shape index (κ1) is 26.5. The minimum absolute atomic E-state index is 0.315. The van der Waals surface area contributed by atoms with Gasteiger partial charge in [-0.1, -0.05) is 55.1 Å². The van der Waals surface area contributed by atoms with Gasteiger partial charge in [0.1, 0.15) is 0 Å². The zero-order chi connectivity index (χ0) is 26.1. The van der Waals surface area contributed by atoms with Crippen LogP contribution < -0.4 is 4.90 Å². The minimum atomic E-state index is -0.366. The first-order chi connectivity index (χ1) is 17.2. The first-order valence-electron chi connectivity index (χ1n) is 11.9. The lowest BCUT2D eigenvalue weighted by molar-refractivity contribution is -0.139. The summed E-state index contributed by atoms with van der Waals surface area (Å²) >= 11 is 0. The lowest BCUT2D eigenvalue weighted by atomic mass is 10.1. The van der Waals surface area contributed by atoms with Gasteiger partial charge in [-0.05, 0) is 68.3 Å². The average molecular weight is 484 g/mol. The van der Waals surface area contributed by atoms with Crippen LogP contribution in [0, 0.1) is 6.92 Å². The number of rotatable bonds is 11. The van der Waals surface area contributed by atoms with E-state index in [9.17, 15) is 9.59 Å². The molecule has 0 unspecified atom stereocenters. The molecule has 0 heterocycles. The lowest BCUT2D eigenvalue weighted by Gasteiger charge is -2.26. The number of hydrogen-bond donors (Lipinski definition) is 0. The number of hydrogen-bond acceptors (Lipinski definition) is 5. The standard InChI is InChI=1S/C31H33NO4/c1-22(2)30(33)35-20-18-25-8-14-28(15-9-25)32(27-12-6-24(5)7-13-27)29-16-10-26(11-17-29)19-21-36-31(34)23(3)4/h6-17H,1,3,18-21H2,2,4-5H3. The van der Waals surface area contributed by atoms with E-state index in [1.165, 1.54) is 5.56 Å². The van der Waals surface area contributed by atoms with Gasteiger partial charge >= 0.3 is 11.9 Å². The summed E-state index contributed by atoms with van der Waals surface area (Å²) in [6, 6.07) is 24.9. The Bertz CT molecular complexity index is 1130. The molecule has 3 rings (SSSR count). The fraction of sp³-hybridized carbons (Fsp3) is 0.226. The maximum absolute atomic E-state index is 11.6. The largest absolute Gasteiger partial charge is 0.462 e. The molecular weight excluding hydrogens is 450 g/mol. The van der Waals surface area contributed by atoms with Gasteiger partial charge in [-0.2, -0.15) is 0 Å². The van der Waals surface area contributed by atoms with Gasteiger partial charge in [0.25, 0.3) is 0 Å². The minimum Gasteiger partial charge on any atom is -0.462 e. The molecule has 0 spiro atoms. The fourth-order valence-electron chi connectivity index (χ4n) is 3.53. The normalized spacial score (nSPS) is 10.4. The van der Waals surface area contributed by atoms with Gasteiger partial charge in [0.15, 0.2) is 0 Å². The first-order valence-corrected chi connectivity index (χ1v) is 11.9. The van der Waals surface area contributed by atoms with Crippen molar-refractivity contribution >= 4 is 29.0 Å². The molecule has 0 N–H and O–H groups in total. The summed E-state index contributed by atoms with van der Waals surface area (Å²) in [5.74, 6) is -0.732. The van der Waals surface area contributed by atoms with E-state index in [1.807, 2.05) is 0 Å². The molecule has 5 nitrogen and oxygen atoms in total. The van der Waals surface area contributed by atoms with Crippen molar-refractivity contribution in [2.75, 3.05) is 18.1 Å². The van der Waals surface area contributed by atoms with Gasteiger partial charge in [-0.25, -0.2) is 9.59 Å². The second-order valence-corrected chi connectivity index (χ2v) is 8.84. The summed E-state index contributed by atoms with van der Waals surface area (Å²) in [5.41, 5.74) is 7.24. The Labute approximate surface area is 213 Å². The Morgan fingerprint density at radius 3 is 1.31 bits per heavy atom. The van der Waals surface area contributed by atoms with Gasteiger partial charge < -0.3 is 14.4 Å². The fourth-order valence-corrected chi connectivity index (χ4v) is 3.53. The molecule has 0 fully saturated rings. The van der Waals surface area contributed by atoms with Crippen LogP contribution in [0.5, 0.6) is 0 Å². The third-order valence-corrected chi connectivity index (χ3v) is 5.63. The van der Waals surface area contributed by atoms with Crippen LogP contribution in [0.25, 0.3) is 0 Å². The number of benzene rings is 3. The number of ether oxygens (including phenoxy) is 2. The number of nitrogens with zero attached hydrogens (tertiary/aromatic N) is 1. The predicted octanol–water partition coefficient (Wildman–Crippen LogP) is 6.79. The Balaban J connectivity index is 1.76. The second-order valence-electron chi connectivity index (χ2n) is 8.84. The van der Waals surface area contributed by atoms with Crippen LogP contribution >= 0.6 is 0 Å². The van der Waals surface area contributed by atoms with E-state index >= 15 is 0 Å². The molecule has 0 radical (unpaired) electrons. The van der Waals surface area contributed by atoms with E-state index in [4.69, 9.17) is 9.47 Å². The molecule has 0 aliphatic heterocycles. The molecule has 5 heteroatoms. The molecule has 36 heavy (non-hydrogen) atoms. The van der Waals surface area contributed by atoms with Gasteiger partial charge in [0, 0.05) is 41.1 Å². The van der Waals surface area contributed by atoms with E-state index in [0.29, 0.717) is 37.2 Å². The monoisotopic (exact) mass is 483 g/mol. The molecule has 186 valence electrons.